The molecule has 0 bridgehead atoms. The van der Waals surface area contributed by atoms with Gasteiger partial charge < -0.3 is 25.3 Å². The zero-order valence-electron chi connectivity index (χ0n) is 16.9. The van der Waals surface area contributed by atoms with Crippen LogP contribution in [-0.2, 0) is 26.4 Å². The molecule has 3 rings (SSSR count). The van der Waals surface area contributed by atoms with Gasteiger partial charge in [-0.15, -0.1) is 0 Å². The van der Waals surface area contributed by atoms with E-state index >= 15 is 0 Å². The van der Waals surface area contributed by atoms with Gasteiger partial charge in [0.2, 0.25) is 5.91 Å². The van der Waals surface area contributed by atoms with E-state index in [-0.39, 0.29) is 18.4 Å². The van der Waals surface area contributed by atoms with Crippen molar-refractivity contribution in [2.24, 2.45) is 5.73 Å². The molecule has 1 saturated heterocycles. The van der Waals surface area contributed by atoms with E-state index in [0.717, 1.165) is 29.7 Å². The van der Waals surface area contributed by atoms with E-state index in [2.05, 4.69) is 5.32 Å². The number of carbonyl (C=O) groups excluding carboxylic acids is 1. The maximum Gasteiger partial charge on any atom is 0.223 e. The zero-order chi connectivity index (χ0) is 20.5. The SMILES string of the molecule is COC(CN)CC(=O)NC1(c2ccc(OCc3ccccc3)cc2)CCOCC1. The molecule has 6 nitrogen and oxygen atoms in total. The molecule has 1 amide bonds. The van der Waals surface area contributed by atoms with Crippen LogP contribution in [0.3, 0.4) is 0 Å². The average molecular weight is 399 g/mol. The lowest BCUT2D eigenvalue weighted by Gasteiger charge is -2.39. The van der Waals surface area contributed by atoms with Crippen molar-refractivity contribution >= 4 is 5.91 Å². The monoisotopic (exact) mass is 398 g/mol. The maximum absolute atomic E-state index is 12.6. The van der Waals surface area contributed by atoms with Crippen molar-refractivity contribution in [3.05, 3.63) is 65.7 Å². The molecule has 29 heavy (non-hydrogen) atoms. The molecule has 1 aliphatic heterocycles. The largest absolute Gasteiger partial charge is 0.489 e. The van der Waals surface area contributed by atoms with E-state index in [4.69, 9.17) is 19.9 Å². The van der Waals surface area contributed by atoms with E-state index in [1.807, 2.05) is 54.6 Å². The quantitative estimate of drug-likeness (QED) is 0.679. The Kier molecular flexibility index (Phi) is 7.63. The van der Waals surface area contributed by atoms with Gasteiger partial charge in [0.1, 0.15) is 12.4 Å². The van der Waals surface area contributed by atoms with Crippen molar-refractivity contribution in [3.8, 4) is 5.75 Å². The molecule has 1 fully saturated rings. The number of benzene rings is 2. The smallest absolute Gasteiger partial charge is 0.223 e. The summed E-state index contributed by atoms with van der Waals surface area (Å²) in [6, 6.07) is 18.0. The van der Waals surface area contributed by atoms with Crippen LogP contribution in [-0.4, -0.2) is 38.9 Å². The normalized spacial score (nSPS) is 16.8. The second-order valence-electron chi connectivity index (χ2n) is 7.34. The first-order chi connectivity index (χ1) is 14.1. The summed E-state index contributed by atoms with van der Waals surface area (Å²) < 4.78 is 16.7. The molecule has 3 N–H and O–H groups in total. The van der Waals surface area contributed by atoms with Gasteiger partial charge in [0, 0.05) is 26.9 Å². The number of nitrogens with one attached hydrogen (secondary N) is 1. The predicted molar refractivity (Wildman–Crippen MR) is 112 cm³/mol. The lowest BCUT2D eigenvalue weighted by Crippen LogP contribution is -2.50. The van der Waals surface area contributed by atoms with Crippen LogP contribution in [0.2, 0.25) is 0 Å². The minimum absolute atomic E-state index is 0.0615. The molecule has 1 aliphatic rings. The number of nitrogens with two attached hydrogens (primary N) is 1. The Bertz CT molecular complexity index is 754. The number of amides is 1. The number of hydrogen-bond acceptors (Lipinski definition) is 5. The van der Waals surface area contributed by atoms with Gasteiger partial charge in [-0.1, -0.05) is 42.5 Å². The highest BCUT2D eigenvalue weighted by atomic mass is 16.5. The highest BCUT2D eigenvalue weighted by molar-refractivity contribution is 5.77. The number of rotatable bonds is 9. The van der Waals surface area contributed by atoms with Crippen molar-refractivity contribution < 1.29 is 19.0 Å². The summed E-state index contributed by atoms with van der Waals surface area (Å²) in [5, 5.41) is 3.23. The summed E-state index contributed by atoms with van der Waals surface area (Å²) in [7, 11) is 1.57. The van der Waals surface area contributed by atoms with E-state index in [0.29, 0.717) is 26.4 Å². The molecule has 1 unspecified atom stereocenters. The van der Waals surface area contributed by atoms with Crippen molar-refractivity contribution in [1.29, 1.82) is 0 Å². The molecule has 2 aromatic carbocycles. The van der Waals surface area contributed by atoms with Crippen LogP contribution in [0.1, 0.15) is 30.4 Å². The van der Waals surface area contributed by atoms with Gasteiger partial charge in [0.25, 0.3) is 0 Å². The highest BCUT2D eigenvalue weighted by Crippen LogP contribution is 2.33. The van der Waals surface area contributed by atoms with Gasteiger partial charge in [-0.25, -0.2) is 0 Å². The Morgan fingerprint density at radius 2 is 1.83 bits per heavy atom. The lowest BCUT2D eigenvalue weighted by atomic mass is 9.82. The van der Waals surface area contributed by atoms with E-state index in [1.165, 1.54) is 0 Å². The first kappa shape index (κ1) is 21.3. The average Bonchev–Trinajstić information content (AvgIpc) is 2.77. The summed E-state index contributed by atoms with van der Waals surface area (Å²) in [6.07, 6.45) is 1.42. The molecular weight excluding hydrogens is 368 g/mol. The molecule has 2 aromatic rings. The molecule has 0 saturated carbocycles. The van der Waals surface area contributed by atoms with Gasteiger partial charge in [0.05, 0.1) is 18.1 Å². The van der Waals surface area contributed by atoms with Crippen LogP contribution >= 0.6 is 0 Å². The minimum atomic E-state index is -0.444. The summed E-state index contributed by atoms with van der Waals surface area (Å²) in [4.78, 5) is 12.6. The Morgan fingerprint density at radius 3 is 2.45 bits per heavy atom. The highest BCUT2D eigenvalue weighted by Gasteiger charge is 2.36. The predicted octanol–water partition coefficient (Wildman–Crippen LogP) is 2.75. The first-order valence-electron chi connectivity index (χ1n) is 10.0. The summed E-state index contributed by atoms with van der Waals surface area (Å²) in [5.41, 5.74) is 7.39. The first-order valence-corrected chi connectivity index (χ1v) is 10.0. The second-order valence-corrected chi connectivity index (χ2v) is 7.34. The molecule has 0 aromatic heterocycles. The molecule has 156 valence electrons. The number of ether oxygens (including phenoxy) is 3. The molecule has 0 radical (unpaired) electrons. The van der Waals surface area contributed by atoms with Crippen molar-refractivity contribution in [3.63, 3.8) is 0 Å². The molecule has 1 atom stereocenters. The molecule has 0 spiro atoms. The molecule has 6 heteroatoms. The van der Waals surface area contributed by atoms with E-state index < -0.39 is 5.54 Å². The Hall–Kier alpha value is -2.41. The molecule has 0 aliphatic carbocycles. The third-order valence-corrected chi connectivity index (χ3v) is 5.39. The Balaban J connectivity index is 1.68. The van der Waals surface area contributed by atoms with Gasteiger partial charge in [-0.05, 0) is 36.1 Å². The Labute approximate surface area is 172 Å². The van der Waals surface area contributed by atoms with Gasteiger partial charge in [-0.2, -0.15) is 0 Å². The van der Waals surface area contributed by atoms with Crippen LogP contribution in [0.5, 0.6) is 5.75 Å². The lowest BCUT2D eigenvalue weighted by molar-refractivity contribution is -0.126. The van der Waals surface area contributed by atoms with Crippen LogP contribution in [0, 0.1) is 0 Å². The van der Waals surface area contributed by atoms with Gasteiger partial charge in [-0.3, -0.25) is 4.79 Å². The second kappa shape index (κ2) is 10.4. The van der Waals surface area contributed by atoms with Crippen molar-refractivity contribution in [2.45, 2.75) is 37.5 Å². The number of carbonyl (C=O) groups is 1. The summed E-state index contributed by atoms with van der Waals surface area (Å²) in [6.45, 7) is 2.05. The number of hydrogen-bond donors (Lipinski definition) is 2. The maximum atomic E-state index is 12.6. The molecular formula is C23H30N2O4. The van der Waals surface area contributed by atoms with Gasteiger partial charge in [0.15, 0.2) is 0 Å². The fourth-order valence-corrected chi connectivity index (χ4v) is 3.60. The third kappa shape index (κ3) is 5.79. The van der Waals surface area contributed by atoms with Crippen LogP contribution < -0.4 is 15.8 Å². The zero-order valence-corrected chi connectivity index (χ0v) is 16.9. The summed E-state index contributed by atoms with van der Waals surface area (Å²) in [5.74, 6) is 0.738. The van der Waals surface area contributed by atoms with E-state index in [1.54, 1.807) is 7.11 Å². The fourth-order valence-electron chi connectivity index (χ4n) is 3.60. The standard InChI is InChI=1S/C23H30N2O4/c1-27-21(16-24)15-22(26)25-23(11-13-28-14-12-23)19-7-9-20(10-8-19)29-17-18-5-3-2-4-6-18/h2-10,21H,11-17,24H2,1H3,(H,25,26). The van der Waals surface area contributed by atoms with Crippen LogP contribution in [0.4, 0.5) is 0 Å². The van der Waals surface area contributed by atoms with Crippen molar-refractivity contribution in [2.75, 3.05) is 26.9 Å². The molecule has 1 heterocycles. The van der Waals surface area contributed by atoms with E-state index in [9.17, 15) is 4.79 Å². The van der Waals surface area contributed by atoms with Gasteiger partial charge >= 0.3 is 0 Å². The minimum Gasteiger partial charge on any atom is -0.489 e. The van der Waals surface area contributed by atoms with Crippen LogP contribution in [0.25, 0.3) is 0 Å². The van der Waals surface area contributed by atoms with Crippen LogP contribution in [0.15, 0.2) is 54.6 Å². The third-order valence-electron chi connectivity index (χ3n) is 5.39. The Morgan fingerprint density at radius 1 is 1.14 bits per heavy atom. The van der Waals surface area contributed by atoms with Crippen molar-refractivity contribution in [1.82, 2.24) is 5.32 Å². The summed E-state index contributed by atoms with van der Waals surface area (Å²) >= 11 is 0. The fraction of sp³-hybridized carbons (Fsp3) is 0.435. The number of methoxy groups -OCH3 is 1. The topological polar surface area (TPSA) is 82.8 Å².